The summed E-state index contributed by atoms with van der Waals surface area (Å²) >= 11 is 0. The van der Waals surface area contributed by atoms with E-state index in [2.05, 4.69) is 9.88 Å². The van der Waals surface area contributed by atoms with E-state index >= 15 is 0 Å². The molecule has 0 aliphatic rings. The lowest BCUT2D eigenvalue weighted by Gasteiger charge is -2.13. The molecule has 24 heavy (non-hydrogen) atoms. The highest BCUT2D eigenvalue weighted by molar-refractivity contribution is 5.81. The monoisotopic (exact) mass is 342 g/mol. The first kappa shape index (κ1) is 18.3. The van der Waals surface area contributed by atoms with E-state index in [9.17, 15) is 18.0 Å². The van der Waals surface area contributed by atoms with Crippen LogP contribution in [-0.2, 0) is 17.8 Å². The largest absolute Gasteiger partial charge is 0.471 e. The summed E-state index contributed by atoms with van der Waals surface area (Å²) < 4.78 is 38.7. The fraction of sp³-hybridized carbons (Fsp3) is 0.500. The van der Waals surface area contributed by atoms with Gasteiger partial charge in [0, 0.05) is 19.5 Å². The summed E-state index contributed by atoms with van der Waals surface area (Å²) in [6, 6.07) is 7.59. The van der Waals surface area contributed by atoms with Crippen LogP contribution >= 0.6 is 0 Å². The molecule has 0 fully saturated rings. The third-order valence-corrected chi connectivity index (χ3v) is 3.61. The molecule has 132 valence electrons. The van der Waals surface area contributed by atoms with Crippen LogP contribution in [0, 0.1) is 0 Å². The van der Waals surface area contributed by atoms with Gasteiger partial charge in [0.05, 0.1) is 11.0 Å². The Morgan fingerprint density at radius 2 is 2.00 bits per heavy atom. The molecule has 2 rings (SSSR count). The molecule has 2 aromatic rings. The molecule has 0 atom stereocenters. The van der Waals surface area contributed by atoms with Crippen molar-refractivity contribution in [1.82, 2.24) is 19.8 Å². The van der Waals surface area contributed by atoms with Gasteiger partial charge in [-0.05, 0) is 39.2 Å². The van der Waals surface area contributed by atoms with Gasteiger partial charge in [-0.15, -0.1) is 0 Å². The smallest absolute Gasteiger partial charge is 0.348 e. The zero-order chi connectivity index (χ0) is 17.7. The normalized spacial score (nSPS) is 12.1. The lowest BCUT2D eigenvalue weighted by atomic mass is 10.3. The van der Waals surface area contributed by atoms with E-state index in [1.54, 1.807) is 0 Å². The van der Waals surface area contributed by atoms with Crippen LogP contribution in [0.2, 0.25) is 0 Å². The number of carbonyl (C=O) groups excluding carboxylic acids is 1. The van der Waals surface area contributed by atoms with Crippen LogP contribution in [0.5, 0.6) is 0 Å². The molecule has 0 radical (unpaired) electrons. The lowest BCUT2D eigenvalue weighted by Crippen LogP contribution is -2.38. The molecule has 0 saturated heterocycles. The Bertz CT molecular complexity index is 694. The van der Waals surface area contributed by atoms with Crippen molar-refractivity contribution in [3.63, 3.8) is 0 Å². The highest BCUT2D eigenvalue weighted by Gasteiger charge is 2.38. The number of amides is 1. The number of carbonyl (C=O) groups is 1. The predicted molar refractivity (Wildman–Crippen MR) is 85.7 cm³/mol. The van der Waals surface area contributed by atoms with E-state index in [0.717, 1.165) is 30.5 Å². The van der Waals surface area contributed by atoms with E-state index in [1.807, 2.05) is 48.2 Å². The topological polar surface area (TPSA) is 50.2 Å². The molecular weight excluding hydrogens is 321 g/mol. The van der Waals surface area contributed by atoms with Crippen LogP contribution in [-0.4, -0.2) is 53.7 Å². The molecule has 0 bridgehead atoms. The minimum atomic E-state index is -4.86. The van der Waals surface area contributed by atoms with Crippen LogP contribution in [0.15, 0.2) is 24.3 Å². The standard InChI is InChI=1S/C16H21F3N4O/c1-22(2)10-5-11-23-13-7-4-3-6-12(13)21-14(23)8-9-20-15(24)16(17,18)19/h3-4,6-7H,5,8-11H2,1-2H3,(H,20,24). The van der Waals surface area contributed by atoms with Crippen LogP contribution in [0.4, 0.5) is 13.2 Å². The Morgan fingerprint density at radius 3 is 2.67 bits per heavy atom. The number of alkyl halides is 3. The van der Waals surface area contributed by atoms with Gasteiger partial charge in [-0.3, -0.25) is 4.79 Å². The van der Waals surface area contributed by atoms with E-state index in [0.29, 0.717) is 5.82 Å². The van der Waals surface area contributed by atoms with Crippen LogP contribution in [0.25, 0.3) is 11.0 Å². The van der Waals surface area contributed by atoms with Gasteiger partial charge in [-0.2, -0.15) is 13.2 Å². The molecule has 0 unspecified atom stereocenters. The summed E-state index contributed by atoms with van der Waals surface area (Å²) in [7, 11) is 3.97. The lowest BCUT2D eigenvalue weighted by molar-refractivity contribution is -0.173. The summed E-state index contributed by atoms with van der Waals surface area (Å²) in [4.78, 5) is 17.4. The molecule has 5 nitrogen and oxygen atoms in total. The van der Waals surface area contributed by atoms with E-state index in [1.165, 1.54) is 0 Å². The van der Waals surface area contributed by atoms with Gasteiger partial charge in [0.15, 0.2) is 0 Å². The molecule has 8 heteroatoms. The molecule has 0 aliphatic heterocycles. The van der Waals surface area contributed by atoms with Crippen LogP contribution in [0.1, 0.15) is 12.2 Å². The van der Waals surface area contributed by atoms with Crippen molar-refractivity contribution >= 4 is 16.9 Å². The highest BCUT2D eigenvalue weighted by atomic mass is 19.4. The second-order valence-corrected chi connectivity index (χ2v) is 5.83. The van der Waals surface area contributed by atoms with Crippen LogP contribution in [0.3, 0.4) is 0 Å². The minimum absolute atomic E-state index is 0.102. The van der Waals surface area contributed by atoms with E-state index < -0.39 is 12.1 Å². The summed E-state index contributed by atoms with van der Waals surface area (Å²) in [5, 5.41) is 1.89. The van der Waals surface area contributed by atoms with Gasteiger partial charge in [-0.25, -0.2) is 4.98 Å². The van der Waals surface area contributed by atoms with Crippen LogP contribution < -0.4 is 5.32 Å². The number of nitrogens with zero attached hydrogens (tertiary/aromatic N) is 3. The maximum atomic E-state index is 12.2. The summed E-state index contributed by atoms with van der Waals surface area (Å²) in [6.45, 7) is 1.52. The SMILES string of the molecule is CN(C)CCCn1c(CCNC(=O)C(F)(F)F)nc2ccccc21. The third kappa shape index (κ3) is 4.70. The average molecular weight is 342 g/mol. The third-order valence-electron chi connectivity index (χ3n) is 3.61. The summed E-state index contributed by atoms with van der Waals surface area (Å²) in [6.07, 6.45) is -3.71. The van der Waals surface area contributed by atoms with Crippen molar-refractivity contribution in [3.05, 3.63) is 30.1 Å². The molecule has 0 saturated carbocycles. The maximum absolute atomic E-state index is 12.2. The Kier molecular flexibility index (Phi) is 5.82. The van der Waals surface area contributed by atoms with Crippen molar-refractivity contribution in [2.45, 2.75) is 25.6 Å². The van der Waals surface area contributed by atoms with Crippen molar-refractivity contribution in [3.8, 4) is 0 Å². The Hall–Kier alpha value is -2.09. The number of imidazole rings is 1. The van der Waals surface area contributed by atoms with E-state index in [4.69, 9.17) is 0 Å². The molecule has 1 aromatic heterocycles. The quantitative estimate of drug-likeness (QED) is 0.839. The maximum Gasteiger partial charge on any atom is 0.471 e. The minimum Gasteiger partial charge on any atom is -0.348 e. The van der Waals surface area contributed by atoms with Crippen molar-refractivity contribution in [1.29, 1.82) is 0 Å². The van der Waals surface area contributed by atoms with Gasteiger partial charge in [0.25, 0.3) is 0 Å². The highest BCUT2D eigenvalue weighted by Crippen LogP contribution is 2.17. The first-order valence-corrected chi connectivity index (χ1v) is 7.73. The fourth-order valence-electron chi connectivity index (χ4n) is 2.50. The molecule has 1 N–H and O–H groups in total. The summed E-state index contributed by atoms with van der Waals surface area (Å²) in [5.74, 6) is -1.24. The van der Waals surface area contributed by atoms with Gasteiger partial charge < -0.3 is 14.8 Å². The Morgan fingerprint density at radius 1 is 1.29 bits per heavy atom. The first-order valence-electron chi connectivity index (χ1n) is 7.73. The molecule has 1 amide bonds. The number of aryl methyl sites for hydroxylation is 1. The van der Waals surface area contributed by atoms with Gasteiger partial charge in [-0.1, -0.05) is 12.1 Å². The molecule has 0 spiro atoms. The first-order chi connectivity index (χ1) is 11.3. The Labute approximate surface area is 138 Å². The number of nitrogens with one attached hydrogen (secondary N) is 1. The number of fused-ring (bicyclic) bond motifs is 1. The predicted octanol–water partition coefficient (Wildman–Crippen LogP) is 2.21. The number of aromatic nitrogens is 2. The Balaban J connectivity index is 2.09. The zero-order valence-electron chi connectivity index (χ0n) is 13.7. The van der Waals surface area contributed by atoms with Crippen molar-refractivity contribution < 1.29 is 18.0 Å². The number of hydrogen-bond donors (Lipinski definition) is 1. The molecule has 1 aromatic carbocycles. The fourth-order valence-corrected chi connectivity index (χ4v) is 2.50. The molecular formula is C16H21F3N4O. The van der Waals surface area contributed by atoms with Gasteiger partial charge in [0.2, 0.25) is 0 Å². The number of rotatable bonds is 7. The average Bonchev–Trinajstić information content (AvgIpc) is 2.84. The number of benzene rings is 1. The molecule has 0 aliphatic carbocycles. The molecule has 1 heterocycles. The number of hydrogen-bond acceptors (Lipinski definition) is 3. The van der Waals surface area contributed by atoms with Crippen molar-refractivity contribution in [2.75, 3.05) is 27.2 Å². The van der Waals surface area contributed by atoms with Gasteiger partial charge >= 0.3 is 12.1 Å². The van der Waals surface area contributed by atoms with E-state index in [-0.39, 0.29) is 13.0 Å². The van der Waals surface area contributed by atoms with Crippen molar-refractivity contribution in [2.24, 2.45) is 0 Å². The second-order valence-electron chi connectivity index (χ2n) is 5.83. The number of para-hydroxylation sites is 2. The second kappa shape index (κ2) is 7.65. The summed E-state index contributed by atoms with van der Waals surface area (Å²) in [5.41, 5.74) is 1.76. The van der Waals surface area contributed by atoms with Gasteiger partial charge in [0.1, 0.15) is 5.82 Å². The number of halogens is 3. The zero-order valence-corrected chi connectivity index (χ0v) is 13.7.